The van der Waals surface area contributed by atoms with Gasteiger partial charge in [0.05, 0.1) is 11.9 Å². The summed E-state index contributed by atoms with van der Waals surface area (Å²) in [4.78, 5) is 0. The van der Waals surface area contributed by atoms with Crippen LogP contribution in [0.5, 0.6) is 11.5 Å². The number of benzene rings is 3. The van der Waals surface area contributed by atoms with Crippen LogP contribution in [0.15, 0.2) is 79.0 Å². The van der Waals surface area contributed by atoms with Gasteiger partial charge in [-0.25, -0.2) is 4.68 Å². The average Bonchev–Trinajstić information content (AvgIpc) is 3.38. The third kappa shape index (κ3) is 2.59. The minimum absolute atomic E-state index is 0.259. The van der Waals surface area contributed by atoms with E-state index in [1.807, 2.05) is 42.6 Å². The van der Waals surface area contributed by atoms with Crippen molar-refractivity contribution in [3.05, 3.63) is 79.0 Å². The smallest absolute Gasteiger partial charge is 0.231 e. The number of fused-ring (bicyclic) bond motifs is 1. The van der Waals surface area contributed by atoms with Crippen LogP contribution in [0.3, 0.4) is 0 Å². The van der Waals surface area contributed by atoms with Crippen LogP contribution in [0.4, 0.5) is 0 Å². The van der Waals surface area contributed by atoms with E-state index in [0.717, 1.165) is 28.4 Å². The standard InChI is InChI=1S/C21H15N3O2/c1-2-4-15(5-3-1)16-6-8-17(9-7-16)19-13-24(23-22-19)18-10-11-20-21(12-18)26-14-25-20/h1-13H,14H2. The van der Waals surface area contributed by atoms with E-state index in [9.17, 15) is 0 Å². The van der Waals surface area contributed by atoms with Gasteiger partial charge in [-0.1, -0.05) is 59.8 Å². The summed E-state index contributed by atoms with van der Waals surface area (Å²) >= 11 is 0. The molecule has 0 amide bonds. The molecule has 126 valence electrons. The SMILES string of the molecule is c1ccc(-c2ccc(-c3cn(-c4ccc5c(c4)OCO5)nn3)cc2)cc1. The molecule has 0 N–H and O–H groups in total. The molecule has 1 aliphatic rings. The fraction of sp³-hybridized carbons (Fsp3) is 0.0476. The third-order valence-corrected chi connectivity index (χ3v) is 4.40. The summed E-state index contributed by atoms with van der Waals surface area (Å²) in [5.41, 5.74) is 5.11. The van der Waals surface area contributed by atoms with Gasteiger partial charge in [0.25, 0.3) is 0 Å². The molecule has 1 aromatic heterocycles. The molecule has 2 heterocycles. The Bertz CT molecular complexity index is 1060. The van der Waals surface area contributed by atoms with Gasteiger partial charge in [-0.05, 0) is 23.3 Å². The molecule has 0 atom stereocenters. The van der Waals surface area contributed by atoms with Gasteiger partial charge >= 0.3 is 0 Å². The second kappa shape index (κ2) is 6.04. The molecule has 1 aliphatic heterocycles. The van der Waals surface area contributed by atoms with Gasteiger partial charge in [-0.15, -0.1) is 5.10 Å². The highest BCUT2D eigenvalue weighted by molar-refractivity contribution is 5.68. The van der Waals surface area contributed by atoms with Crippen molar-refractivity contribution in [3.63, 3.8) is 0 Å². The van der Waals surface area contributed by atoms with Gasteiger partial charge in [0, 0.05) is 11.6 Å². The van der Waals surface area contributed by atoms with Gasteiger partial charge in [0.1, 0.15) is 5.69 Å². The zero-order valence-corrected chi connectivity index (χ0v) is 13.9. The topological polar surface area (TPSA) is 49.2 Å². The van der Waals surface area contributed by atoms with Crippen molar-refractivity contribution >= 4 is 0 Å². The molecule has 5 nitrogen and oxygen atoms in total. The molecule has 0 bridgehead atoms. The largest absolute Gasteiger partial charge is 0.454 e. The molecule has 5 heteroatoms. The number of rotatable bonds is 3. The lowest BCUT2D eigenvalue weighted by Crippen LogP contribution is -1.94. The van der Waals surface area contributed by atoms with E-state index in [4.69, 9.17) is 9.47 Å². The van der Waals surface area contributed by atoms with E-state index < -0.39 is 0 Å². The maximum Gasteiger partial charge on any atom is 0.231 e. The first-order valence-corrected chi connectivity index (χ1v) is 8.35. The van der Waals surface area contributed by atoms with Crippen LogP contribution in [0, 0.1) is 0 Å². The van der Waals surface area contributed by atoms with E-state index in [0.29, 0.717) is 0 Å². The molecule has 0 unspecified atom stereocenters. The van der Waals surface area contributed by atoms with Gasteiger partial charge < -0.3 is 9.47 Å². The van der Waals surface area contributed by atoms with Crippen molar-refractivity contribution in [1.82, 2.24) is 15.0 Å². The first-order chi connectivity index (χ1) is 12.9. The molecule has 0 fully saturated rings. The zero-order valence-electron chi connectivity index (χ0n) is 13.9. The number of ether oxygens (including phenoxy) is 2. The quantitative estimate of drug-likeness (QED) is 0.556. The number of hydrogen-bond acceptors (Lipinski definition) is 4. The monoisotopic (exact) mass is 341 g/mol. The molecule has 26 heavy (non-hydrogen) atoms. The van der Waals surface area contributed by atoms with Crippen LogP contribution in [0.25, 0.3) is 28.1 Å². The Morgan fingerprint density at radius 1 is 0.731 bits per heavy atom. The van der Waals surface area contributed by atoms with Gasteiger partial charge in [0.2, 0.25) is 6.79 Å². The van der Waals surface area contributed by atoms with E-state index in [-0.39, 0.29) is 6.79 Å². The van der Waals surface area contributed by atoms with Crippen LogP contribution in [-0.4, -0.2) is 21.8 Å². The highest BCUT2D eigenvalue weighted by Crippen LogP contribution is 2.33. The van der Waals surface area contributed by atoms with Gasteiger partial charge in [-0.2, -0.15) is 0 Å². The first-order valence-electron chi connectivity index (χ1n) is 8.35. The summed E-state index contributed by atoms with van der Waals surface area (Å²) < 4.78 is 12.5. The molecule has 0 aliphatic carbocycles. The summed E-state index contributed by atoms with van der Waals surface area (Å²) in [6, 6.07) is 24.4. The van der Waals surface area contributed by atoms with Gasteiger partial charge in [-0.3, -0.25) is 0 Å². The summed E-state index contributed by atoms with van der Waals surface area (Å²) in [7, 11) is 0. The Morgan fingerprint density at radius 3 is 2.31 bits per heavy atom. The number of hydrogen-bond donors (Lipinski definition) is 0. The van der Waals surface area contributed by atoms with Crippen molar-refractivity contribution in [3.8, 4) is 39.6 Å². The van der Waals surface area contributed by atoms with E-state index in [1.54, 1.807) is 4.68 Å². The second-order valence-corrected chi connectivity index (χ2v) is 6.03. The average molecular weight is 341 g/mol. The van der Waals surface area contributed by atoms with Crippen molar-refractivity contribution < 1.29 is 9.47 Å². The minimum atomic E-state index is 0.259. The molecule has 3 aromatic carbocycles. The molecular weight excluding hydrogens is 326 g/mol. The van der Waals surface area contributed by atoms with E-state index >= 15 is 0 Å². The van der Waals surface area contributed by atoms with Gasteiger partial charge in [0.15, 0.2) is 11.5 Å². The molecule has 5 rings (SSSR count). The fourth-order valence-corrected chi connectivity index (χ4v) is 3.01. The summed E-state index contributed by atoms with van der Waals surface area (Å²) in [6.07, 6.45) is 1.91. The first kappa shape index (κ1) is 14.7. The maximum absolute atomic E-state index is 5.42. The third-order valence-electron chi connectivity index (χ3n) is 4.40. The van der Waals surface area contributed by atoms with E-state index in [1.165, 1.54) is 11.1 Å². The number of nitrogens with zero attached hydrogens (tertiary/aromatic N) is 3. The molecule has 0 saturated carbocycles. The maximum atomic E-state index is 5.42. The van der Waals surface area contributed by atoms with Crippen molar-refractivity contribution in [2.75, 3.05) is 6.79 Å². The number of aromatic nitrogens is 3. The highest BCUT2D eigenvalue weighted by Gasteiger charge is 2.14. The normalized spacial score (nSPS) is 12.3. The predicted molar refractivity (Wildman–Crippen MR) is 98.4 cm³/mol. The summed E-state index contributed by atoms with van der Waals surface area (Å²) in [5.74, 6) is 1.48. The van der Waals surface area contributed by atoms with Crippen LogP contribution < -0.4 is 9.47 Å². The molecule has 0 saturated heterocycles. The lowest BCUT2D eigenvalue weighted by molar-refractivity contribution is 0.174. The Morgan fingerprint density at radius 2 is 1.46 bits per heavy atom. The van der Waals surface area contributed by atoms with Crippen LogP contribution in [0.1, 0.15) is 0 Å². The molecular formula is C21H15N3O2. The van der Waals surface area contributed by atoms with E-state index in [2.05, 4.69) is 46.7 Å². The van der Waals surface area contributed by atoms with Crippen molar-refractivity contribution in [1.29, 1.82) is 0 Å². The fourth-order valence-electron chi connectivity index (χ4n) is 3.01. The lowest BCUT2D eigenvalue weighted by Gasteiger charge is -2.03. The van der Waals surface area contributed by atoms with Crippen molar-refractivity contribution in [2.24, 2.45) is 0 Å². The molecule has 0 radical (unpaired) electrons. The van der Waals surface area contributed by atoms with Crippen LogP contribution in [0.2, 0.25) is 0 Å². The predicted octanol–water partition coefficient (Wildman–Crippen LogP) is 4.33. The summed E-state index contributed by atoms with van der Waals surface area (Å²) in [5, 5.41) is 8.54. The second-order valence-electron chi connectivity index (χ2n) is 6.03. The summed E-state index contributed by atoms with van der Waals surface area (Å²) in [6.45, 7) is 0.259. The zero-order chi connectivity index (χ0) is 17.3. The Labute approximate surface area is 150 Å². The molecule has 4 aromatic rings. The minimum Gasteiger partial charge on any atom is -0.454 e. The van der Waals surface area contributed by atoms with Crippen molar-refractivity contribution in [2.45, 2.75) is 0 Å². The highest BCUT2D eigenvalue weighted by atomic mass is 16.7. The Hall–Kier alpha value is -3.60. The Balaban J connectivity index is 1.43. The lowest BCUT2D eigenvalue weighted by atomic mass is 10.0. The molecule has 0 spiro atoms. The Kier molecular flexibility index (Phi) is 3.42. The van der Waals surface area contributed by atoms with Crippen LogP contribution >= 0.6 is 0 Å². The van der Waals surface area contributed by atoms with Crippen LogP contribution in [-0.2, 0) is 0 Å².